The largest absolute Gasteiger partial charge is 0.493 e. The van der Waals surface area contributed by atoms with Crippen LogP contribution in [0.4, 0.5) is 0 Å². The fourth-order valence-electron chi connectivity index (χ4n) is 4.85. The molecule has 0 unspecified atom stereocenters. The number of aldehydes is 1. The minimum atomic E-state index is -0.375. The monoisotopic (exact) mass is 632 g/mol. The lowest BCUT2D eigenvalue weighted by molar-refractivity contribution is -0.104. The number of aryl methyl sites for hydroxylation is 1. The molecule has 5 rings (SSSR count). The Labute approximate surface area is 276 Å². The van der Waals surface area contributed by atoms with Crippen LogP contribution in [0.2, 0.25) is 0 Å². The number of fused-ring (bicyclic) bond motifs is 1. The van der Waals surface area contributed by atoms with Gasteiger partial charge in [-0.25, -0.2) is 4.79 Å². The summed E-state index contributed by atoms with van der Waals surface area (Å²) in [5.74, 6) is 2.19. The first-order valence-corrected chi connectivity index (χ1v) is 16.7. The zero-order chi connectivity index (χ0) is 32.6. The number of thioether (sulfide) groups is 1. The van der Waals surface area contributed by atoms with Crippen LogP contribution in [-0.2, 0) is 16.0 Å². The Balaban J connectivity index is 0.00000113. The third-order valence-electron chi connectivity index (χ3n) is 7.29. The Bertz CT molecular complexity index is 1690. The molecule has 0 heterocycles. The predicted molar refractivity (Wildman–Crippen MR) is 191 cm³/mol. The average Bonchev–Trinajstić information content (AvgIpc) is 3.11. The lowest BCUT2D eigenvalue weighted by Crippen LogP contribution is -2.08. The maximum absolute atomic E-state index is 12.8. The number of allylic oxidation sites excluding steroid dienone is 1. The first kappa shape index (κ1) is 34.2. The van der Waals surface area contributed by atoms with Crippen LogP contribution < -0.4 is 9.47 Å². The SMILES string of the molecule is C=CC=O.COCCCOc1ccc2cc(-c3ccc(C(=O)Oc4ccc(-c5ccc(CCCSC)cc5)cc4)cc3)ccc2c1. The van der Waals surface area contributed by atoms with E-state index in [1.165, 1.54) is 23.8 Å². The maximum Gasteiger partial charge on any atom is 0.343 e. The van der Waals surface area contributed by atoms with E-state index in [0.29, 0.717) is 30.8 Å². The number of ether oxygens (including phenoxy) is 3. The molecule has 0 N–H and O–H groups in total. The van der Waals surface area contributed by atoms with Gasteiger partial charge in [-0.1, -0.05) is 73.3 Å². The van der Waals surface area contributed by atoms with Crippen molar-refractivity contribution in [1.82, 2.24) is 0 Å². The molecule has 0 saturated carbocycles. The van der Waals surface area contributed by atoms with Crippen LogP contribution in [0, 0.1) is 0 Å². The van der Waals surface area contributed by atoms with E-state index >= 15 is 0 Å². The minimum absolute atomic E-state index is 0.375. The standard InChI is InChI=1S/C37H36O4S.C3H4O/c1-39-22-4-23-40-36-21-18-33-25-32(14-15-34(33)26-36)30-10-12-31(13-11-30)37(38)41-35-19-16-29(17-20-35)28-8-6-27(7-9-28)5-3-24-42-2;1-2-3-4/h6-21,25-26H,3-5,22-24H2,1-2H3;2-3H,1H2. The number of benzene rings is 5. The molecular formula is C40H40O5S. The molecule has 0 spiro atoms. The first-order chi connectivity index (χ1) is 22.5. The zero-order valence-electron chi connectivity index (χ0n) is 26.4. The Morgan fingerprint density at radius 3 is 1.93 bits per heavy atom. The summed E-state index contributed by atoms with van der Waals surface area (Å²) >= 11 is 1.89. The second kappa shape index (κ2) is 18.4. The third-order valence-corrected chi connectivity index (χ3v) is 7.99. The van der Waals surface area contributed by atoms with Gasteiger partial charge in [0.05, 0.1) is 12.2 Å². The van der Waals surface area contributed by atoms with Crippen molar-refractivity contribution in [2.45, 2.75) is 19.3 Å². The molecule has 0 bridgehead atoms. The first-order valence-electron chi connectivity index (χ1n) is 15.3. The van der Waals surface area contributed by atoms with Crippen LogP contribution in [-0.4, -0.2) is 44.6 Å². The molecule has 0 aliphatic rings. The smallest absolute Gasteiger partial charge is 0.343 e. The molecule has 5 aromatic rings. The van der Waals surface area contributed by atoms with Crippen LogP contribution in [0.25, 0.3) is 33.0 Å². The lowest BCUT2D eigenvalue weighted by Gasteiger charge is -2.09. The van der Waals surface area contributed by atoms with Gasteiger partial charge in [-0.05, 0) is 112 Å². The van der Waals surface area contributed by atoms with Gasteiger partial charge in [-0.2, -0.15) is 11.8 Å². The summed E-state index contributed by atoms with van der Waals surface area (Å²) < 4.78 is 16.6. The van der Waals surface area contributed by atoms with E-state index in [9.17, 15) is 4.79 Å². The van der Waals surface area contributed by atoms with Crippen molar-refractivity contribution in [1.29, 1.82) is 0 Å². The molecule has 5 nitrogen and oxygen atoms in total. The zero-order valence-corrected chi connectivity index (χ0v) is 27.3. The number of hydrogen-bond acceptors (Lipinski definition) is 6. The Morgan fingerprint density at radius 1 is 0.717 bits per heavy atom. The van der Waals surface area contributed by atoms with Gasteiger partial charge in [0.15, 0.2) is 0 Å². The fraction of sp³-hybridized carbons (Fsp3) is 0.200. The van der Waals surface area contributed by atoms with Crippen molar-refractivity contribution in [3.8, 4) is 33.8 Å². The summed E-state index contributed by atoms with van der Waals surface area (Å²) in [5.41, 5.74) is 6.23. The highest BCUT2D eigenvalue weighted by Gasteiger charge is 2.10. The molecule has 0 radical (unpaired) electrons. The van der Waals surface area contributed by atoms with Crippen LogP contribution in [0.1, 0.15) is 28.8 Å². The summed E-state index contributed by atoms with van der Waals surface area (Å²) in [4.78, 5) is 21.9. The summed E-state index contributed by atoms with van der Waals surface area (Å²) in [6.07, 6.45) is 7.13. The van der Waals surface area contributed by atoms with Gasteiger partial charge < -0.3 is 14.2 Å². The van der Waals surface area contributed by atoms with E-state index in [2.05, 4.69) is 67.4 Å². The van der Waals surface area contributed by atoms with Crippen molar-refractivity contribution in [2.24, 2.45) is 0 Å². The average molecular weight is 633 g/mol. The van der Waals surface area contributed by atoms with Gasteiger partial charge in [0.2, 0.25) is 0 Å². The van der Waals surface area contributed by atoms with Gasteiger partial charge in [-0.15, -0.1) is 0 Å². The molecule has 0 aromatic heterocycles. The van der Waals surface area contributed by atoms with Crippen LogP contribution in [0.3, 0.4) is 0 Å². The highest BCUT2D eigenvalue weighted by Crippen LogP contribution is 2.28. The molecule has 5 aromatic carbocycles. The molecule has 46 heavy (non-hydrogen) atoms. The molecule has 0 amide bonds. The maximum atomic E-state index is 12.8. The lowest BCUT2D eigenvalue weighted by atomic mass is 10.00. The van der Waals surface area contributed by atoms with Crippen molar-refractivity contribution in [3.63, 3.8) is 0 Å². The van der Waals surface area contributed by atoms with E-state index in [0.717, 1.165) is 51.6 Å². The van der Waals surface area contributed by atoms with E-state index in [1.807, 2.05) is 66.4 Å². The molecule has 0 atom stereocenters. The normalized spacial score (nSPS) is 10.5. The molecule has 236 valence electrons. The van der Waals surface area contributed by atoms with Gasteiger partial charge >= 0.3 is 5.97 Å². The van der Waals surface area contributed by atoms with Crippen molar-refractivity contribution in [3.05, 3.63) is 133 Å². The summed E-state index contributed by atoms with van der Waals surface area (Å²) in [6.45, 7) is 4.43. The Hall–Kier alpha value is -4.65. The number of hydrogen-bond donors (Lipinski definition) is 0. The Kier molecular flexibility index (Phi) is 13.7. The second-order valence-electron chi connectivity index (χ2n) is 10.6. The van der Waals surface area contributed by atoms with Crippen LogP contribution in [0.5, 0.6) is 11.5 Å². The molecular weight excluding hydrogens is 593 g/mol. The van der Waals surface area contributed by atoms with Crippen molar-refractivity contribution < 1.29 is 23.8 Å². The van der Waals surface area contributed by atoms with Crippen molar-refractivity contribution >= 4 is 34.8 Å². The number of rotatable bonds is 14. The Morgan fingerprint density at radius 2 is 1.28 bits per heavy atom. The van der Waals surface area contributed by atoms with Crippen molar-refractivity contribution in [2.75, 3.05) is 32.3 Å². The fourth-order valence-corrected chi connectivity index (χ4v) is 5.28. The van der Waals surface area contributed by atoms with Crippen LogP contribution in [0.15, 0.2) is 122 Å². The van der Waals surface area contributed by atoms with E-state index in [1.54, 1.807) is 7.11 Å². The van der Waals surface area contributed by atoms with E-state index < -0.39 is 0 Å². The van der Waals surface area contributed by atoms with E-state index in [4.69, 9.17) is 19.0 Å². The summed E-state index contributed by atoms with van der Waals surface area (Å²) in [5, 5.41) is 2.25. The van der Waals surface area contributed by atoms with Gasteiger partial charge in [0, 0.05) is 20.1 Å². The quantitative estimate of drug-likeness (QED) is 0.0400. The molecule has 0 saturated heterocycles. The number of methoxy groups -OCH3 is 1. The van der Waals surface area contributed by atoms with Gasteiger partial charge in [-0.3, -0.25) is 4.79 Å². The second-order valence-corrected chi connectivity index (χ2v) is 11.6. The number of carbonyl (C=O) groups excluding carboxylic acids is 2. The molecule has 0 aliphatic carbocycles. The van der Waals surface area contributed by atoms with Crippen LogP contribution >= 0.6 is 11.8 Å². The highest BCUT2D eigenvalue weighted by atomic mass is 32.2. The predicted octanol–water partition coefficient (Wildman–Crippen LogP) is 9.48. The number of carbonyl (C=O) groups is 2. The summed E-state index contributed by atoms with van der Waals surface area (Å²) in [7, 11) is 1.70. The van der Waals surface area contributed by atoms with Gasteiger partial charge in [0.25, 0.3) is 0 Å². The third kappa shape index (κ3) is 10.2. The van der Waals surface area contributed by atoms with Gasteiger partial charge in [0.1, 0.15) is 17.8 Å². The highest BCUT2D eigenvalue weighted by molar-refractivity contribution is 7.98. The summed E-state index contributed by atoms with van der Waals surface area (Å²) in [6, 6.07) is 36.4. The topological polar surface area (TPSA) is 61.8 Å². The molecule has 6 heteroatoms. The minimum Gasteiger partial charge on any atom is -0.493 e. The molecule has 0 fully saturated rings. The number of esters is 1. The molecule has 0 aliphatic heterocycles. The van der Waals surface area contributed by atoms with E-state index in [-0.39, 0.29) is 5.97 Å².